The van der Waals surface area contributed by atoms with Gasteiger partial charge in [-0.1, -0.05) is 18.5 Å². The van der Waals surface area contributed by atoms with Crippen LogP contribution in [0.3, 0.4) is 0 Å². The van der Waals surface area contributed by atoms with Crippen LogP contribution in [0.5, 0.6) is 0 Å². The van der Waals surface area contributed by atoms with Gasteiger partial charge in [-0.05, 0) is 49.4 Å². The molecule has 1 fully saturated rings. The highest BCUT2D eigenvalue weighted by Crippen LogP contribution is 2.25. The Balaban J connectivity index is 1.76. The second-order valence-electron chi connectivity index (χ2n) is 6.02. The molecule has 3 rings (SSSR count). The molecule has 22 heavy (non-hydrogen) atoms. The molecule has 2 aromatic rings. The van der Waals surface area contributed by atoms with Gasteiger partial charge in [-0.3, -0.25) is 0 Å². The van der Waals surface area contributed by atoms with E-state index in [1.165, 1.54) is 12.8 Å². The summed E-state index contributed by atoms with van der Waals surface area (Å²) in [5, 5.41) is 4.10. The monoisotopic (exact) mass is 316 g/mol. The average molecular weight is 317 g/mol. The molecule has 1 aromatic carbocycles. The highest BCUT2D eigenvalue weighted by atomic mass is 35.5. The topological polar surface area (TPSA) is 41.0 Å². The highest BCUT2D eigenvalue weighted by molar-refractivity contribution is 6.30. The smallest absolute Gasteiger partial charge is 0.135 e. The van der Waals surface area contributed by atoms with Crippen molar-refractivity contribution in [1.29, 1.82) is 0 Å². The predicted molar refractivity (Wildman–Crippen MR) is 92.1 cm³/mol. The molecule has 2 heterocycles. The third-order valence-corrected chi connectivity index (χ3v) is 4.45. The van der Waals surface area contributed by atoms with Gasteiger partial charge < -0.3 is 10.2 Å². The number of anilines is 3. The van der Waals surface area contributed by atoms with Crippen LogP contribution in [-0.4, -0.2) is 23.1 Å². The summed E-state index contributed by atoms with van der Waals surface area (Å²) in [6, 6.07) is 7.81. The van der Waals surface area contributed by atoms with Crippen LogP contribution >= 0.6 is 11.6 Å². The zero-order valence-corrected chi connectivity index (χ0v) is 13.8. The first kappa shape index (κ1) is 15.1. The van der Waals surface area contributed by atoms with Gasteiger partial charge in [-0.2, -0.15) is 0 Å². The molecule has 5 heteroatoms. The zero-order valence-electron chi connectivity index (χ0n) is 13.0. The maximum atomic E-state index is 6.00. The number of nitrogens with one attached hydrogen (secondary N) is 1. The lowest BCUT2D eigenvalue weighted by atomic mass is 9.99. The van der Waals surface area contributed by atoms with Gasteiger partial charge in [0.25, 0.3) is 0 Å². The van der Waals surface area contributed by atoms with E-state index in [4.69, 9.17) is 11.6 Å². The molecule has 0 unspecified atom stereocenters. The molecule has 0 saturated carbocycles. The van der Waals surface area contributed by atoms with Crippen molar-refractivity contribution in [2.45, 2.75) is 26.7 Å². The summed E-state index contributed by atoms with van der Waals surface area (Å²) in [4.78, 5) is 11.1. The van der Waals surface area contributed by atoms with E-state index < -0.39 is 0 Å². The zero-order chi connectivity index (χ0) is 15.5. The van der Waals surface area contributed by atoms with Crippen LogP contribution in [-0.2, 0) is 0 Å². The molecule has 0 aliphatic carbocycles. The number of nitrogens with zero attached hydrogens (tertiary/aromatic N) is 3. The Morgan fingerprint density at radius 3 is 2.68 bits per heavy atom. The maximum Gasteiger partial charge on any atom is 0.135 e. The van der Waals surface area contributed by atoms with Crippen molar-refractivity contribution in [2.75, 3.05) is 23.3 Å². The number of hydrogen-bond donors (Lipinski definition) is 1. The molecule has 0 atom stereocenters. The number of aryl methyl sites for hydroxylation is 1. The Bertz CT molecular complexity index is 651. The Kier molecular flexibility index (Phi) is 4.48. The molecule has 1 aliphatic rings. The minimum atomic E-state index is 0.744. The Labute approximate surface area is 136 Å². The van der Waals surface area contributed by atoms with E-state index in [1.54, 1.807) is 6.33 Å². The number of hydrogen-bond acceptors (Lipinski definition) is 4. The molecule has 1 aromatic heterocycles. The fraction of sp³-hybridized carbons (Fsp3) is 0.412. The van der Waals surface area contributed by atoms with Gasteiger partial charge in [-0.15, -0.1) is 0 Å². The van der Waals surface area contributed by atoms with E-state index in [0.29, 0.717) is 0 Å². The third kappa shape index (κ3) is 3.50. The van der Waals surface area contributed by atoms with Crippen LogP contribution < -0.4 is 10.2 Å². The highest BCUT2D eigenvalue weighted by Gasteiger charge is 2.17. The number of aromatic nitrogens is 2. The summed E-state index contributed by atoms with van der Waals surface area (Å²) < 4.78 is 0. The van der Waals surface area contributed by atoms with Crippen molar-refractivity contribution in [3.05, 3.63) is 41.2 Å². The van der Waals surface area contributed by atoms with E-state index in [1.807, 2.05) is 31.2 Å². The quantitative estimate of drug-likeness (QED) is 0.910. The lowest BCUT2D eigenvalue weighted by molar-refractivity contribution is 0.436. The number of rotatable bonds is 3. The summed E-state index contributed by atoms with van der Waals surface area (Å²) >= 11 is 6.00. The van der Waals surface area contributed by atoms with Crippen molar-refractivity contribution in [3.63, 3.8) is 0 Å². The van der Waals surface area contributed by atoms with Gasteiger partial charge in [0, 0.05) is 29.9 Å². The van der Waals surface area contributed by atoms with Crippen LogP contribution in [0.15, 0.2) is 30.6 Å². The van der Waals surface area contributed by atoms with Crippen molar-refractivity contribution < 1.29 is 0 Å². The Morgan fingerprint density at radius 1 is 1.18 bits per heavy atom. The molecule has 116 valence electrons. The number of halogens is 1. The maximum absolute atomic E-state index is 6.00. The third-order valence-electron chi connectivity index (χ3n) is 4.21. The fourth-order valence-electron chi connectivity index (χ4n) is 2.73. The van der Waals surface area contributed by atoms with E-state index in [2.05, 4.69) is 27.1 Å². The molecule has 1 N–H and O–H groups in total. The van der Waals surface area contributed by atoms with E-state index in [-0.39, 0.29) is 0 Å². The van der Waals surface area contributed by atoms with Crippen LogP contribution in [0.25, 0.3) is 0 Å². The molecule has 1 saturated heterocycles. The van der Waals surface area contributed by atoms with Gasteiger partial charge in [0.05, 0.1) is 0 Å². The molecule has 0 bridgehead atoms. The molecule has 4 nitrogen and oxygen atoms in total. The molecule has 0 spiro atoms. The second-order valence-corrected chi connectivity index (χ2v) is 6.45. The first-order valence-electron chi connectivity index (χ1n) is 7.72. The van der Waals surface area contributed by atoms with Gasteiger partial charge in [0.2, 0.25) is 0 Å². The van der Waals surface area contributed by atoms with Crippen molar-refractivity contribution in [2.24, 2.45) is 5.92 Å². The lowest BCUT2D eigenvalue weighted by Gasteiger charge is -2.31. The van der Waals surface area contributed by atoms with E-state index in [0.717, 1.165) is 46.9 Å². The van der Waals surface area contributed by atoms with E-state index >= 15 is 0 Å². The van der Waals surface area contributed by atoms with E-state index in [9.17, 15) is 0 Å². The Morgan fingerprint density at radius 2 is 1.95 bits per heavy atom. The average Bonchev–Trinajstić information content (AvgIpc) is 2.51. The molecular formula is C17H21ClN4. The van der Waals surface area contributed by atoms with Crippen molar-refractivity contribution >= 4 is 28.9 Å². The first-order valence-corrected chi connectivity index (χ1v) is 8.10. The fourth-order valence-corrected chi connectivity index (χ4v) is 2.96. The predicted octanol–water partition coefficient (Wildman–Crippen LogP) is 4.42. The summed E-state index contributed by atoms with van der Waals surface area (Å²) in [5.74, 6) is 2.62. The lowest BCUT2D eigenvalue weighted by Crippen LogP contribution is -2.33. The molecule has 0 radical (unpaired) electrons. The summed E-state index contributed by atoms with van der Waals surface area (Å²) in [5.41, 5.74) is 2.11. The van der Waals surface area contributed by atoms with Gasteiger partial charge >= 0.3 is 0 Å². The Hall–Kier alpha value is -1.81. The van der Waals surface area contributed by atoms with Gasteiger partial charge in [-0.25, -0.2) is 9.97 Å². The van der Waals surface area contributed by atoms with Crippen LogP contribution in [0.2, 0.25) is 5.02 Å². The minimum absolute atomic E-state index is 0.744. The molecule has 0 amide bonds. The van der Waals surface area contributed by atoms with Crippen LogP contribution in [0, 0.1) is 12.8 Å². The standard InChI is InChI=1S/C17H21ClN4/c1-12-5-7-22(8-6-12)17-10-16(19-11-20-17)21-15-4-3-14(18)9-13(15)2/h3-4,9-12H,5-8H2,1-2H3,(H,19,20,21). The van der Waals surface area contributed by atoms with Gasteiger partial charge in [0.1, 0.15) is 18.0 Å². The molecule has 1 aliphatic heterocycles. The largest absolute Gasteiger partial charge is 0.356 e. The van der Waals surface area contributed by atoms with Crippen molar-refractivity contribution in [1.82, 2.24) is 9.97 Å². The normalized spacial score (nSPS) is 15.9. The summed E-state index contributed by atoms with van der Waals surface area (Å²) in [6.07, 6.45) is 4.08. The van der Waals surface area contributed by atoms with Gasteiger partial charge in [0.15, 0.2) is 0 Å². The minimum Gasteiger partial charge on any atom is -0.356 e. The van der Waals surface area contributed by atoms with Crippen LogP contribution in [0.4, 0.5) is 17.3 Å². The number of benzene rings is 1. The van der Waals surface area contributed by atoms with Crippen molar-refractivity contribution in [3.8, 4) is 0 Å². The molecular weight excluding hydrogens is 296 g/mol. The SMILES string of the molecule is Cc1cc(Cl)ccc1Nc1cc(N2CCC(C)CC2)ncn1. The summed E-state index contributed by atoms with van der Waals surface area (Å²) in [6.45, 7) is 6.48. The first-order chi connectivity index (χ1) is 10.6. The summed E-state index contributed by atoms with van der Waals surface area (Å²) in [7, 11) is 0. The van der Waals surface area contributed by atoms with Crippen LogP contribution in [0.1, 0.15) is 25.3 Å². The second kappa shape index (κ2) is 6.53. The number of piperidine rings is 1.